The molecule has 0 aromatic heterocycles. The molecular weight excluding hydrogens is 474 g/mol. The third kappa shape index (κ3) is 4.79. The van der Waals surface area contributed by atoms with Gasteiger partial charge in [-0.15, -0.1) is 0 Å². The summed E-state index contributed by atoms with van der Waals surface area (Å²) in [5.41, 5.74) is 2.38. The van der Waals surface area contributed by atoms with Gasteiger partial charge in [0, 0.05) is 55.8 Å². The minimum absolute atomic E-state index is 0.0818. The Kier molecular flexibility index (Phi) is 7.09. The van der Waals surface area contributed by atoms with Gasteiger partial charge in [-0.1, -0.05) is 55.3 Å². The lowest BCUT2D eigenvalue weighted by atomic mass is 9.75. The van der Waals surface area contributed by atoms with Crippen molar-refractivity contribution in [2.24, 2.45) is 22.7 Å². The van der Waals surface area contributed by atoms with Gasteiger partial charge < -0.3 is 20.4 Å². The molecule has 1 unspecified atom stereocenters. The highest BCUT2D eigenvalue weighted by atomic mass is 16.2. The normalized spacial score (nSPS) is 32.1. The average Bonchev–Trinajstić information content (AvgIpc) is 3.58. The molecule has 0 bridgehead atoms. The lowest BCUT2D eigenvalue weighted by Gasteiger charge is -2.44. The molecule has 200 valence electrons. The number of nitrogens with one attached hydrogen (secondary N) is 2. The Morgan fingerprint density at radius 2 is 1.97 bits per heavy atom. The van der Waals surface area contributed by atoms with Crippen molar-refractivity contribution in [3.05, 3.63) is 66.3 Å². The smallest absolute Gasteiger partial charge is 0.244 e. The minimum atomic E-state index is -0.177. The van der Waals surface area contributed by atoms with Gasteiger partial charge in [0.15, 0.2) is 0 Å². The van der Waals surface area contributed by atoms with Crippen LogP contribution in [0.5, 0.6) is 0 Å². The zero-order valence-electron chi connectivity index (χ0n) is 22.3. The summed E-state index contributed by atoms with van der Waals surface area (Å²) in [6.45, 7) is 2.42. The summed E-state index contributed by atoms with van der Waals surface area (Å²) < 4.78 is 0. The van der Waals surface area contributed by atoms with Crippen LogP contribution < -0.4 is 10.6 Å². The number of benzene rings is 1. The number of amides is 2. The number of allylic oxidation sites excluding steroid dienone is 3. The molecule has 2 N–H and O–H groups in total. The van der Waals surface area contributed by atoms with Gasteiger partial charge in [-0.05, 0) is 43.4 Å². The van der Waals surface area contributed by atoms with E-state index in [4.69, 9.17) is 0 Å². The van der Waals surface area contributed by atoms with Gasteiger partial charge in [-0.25, -0.2) is 0 Å². The van der Waals surface area contributed by atoms with E-state index in [1.807, 2.05) is 11.9 Å². The molecule has 6 rings (SSSR count). The molecule has 0 spiro atoms. The van der Waals surface area contributed by atoms with Crippen molar-refractivity contribution in [1.29, 1.82) is 0 Å². The van der Waals surface area contributed by atoms with Crippen LogP contribution in [0.3, 0.4) is 0 Å². The maximum atomic E-state index is 14.2. The number of nitrogens with zero attached hydrogens (tertiary/aromatic N) is 3. The maximum Gasteiger partial charge on any atom is 0.244 e. The van der Waals surface area contributed by atoms with Gasteiger partial charge in [0.2, 0.25) is 11.8 Å². The second kappa shape index (κ2) is 10.8. The number of hydrogen-bond donors (Lipinski definition) is 2. The highest BCUT2D eigenvalue weighted by molar-refractivity contribution is 6.00. The molecule has 1 aromatic rings. The Balaban J connectivity index is 1.20. The summed E-state index contributed by atoms with van der Waals surface area (Å²) in [7, 11) is 1.98. The number of rotatable bonds is 5. The first-order chi connectivity index (χ1) is 18.6. The number of likely N-dealkylation sites (N-methyl/N-ethyl adjacent to an activating group) is 1. The number of anilines is 1. The van der Waals surface area contributed by atoms with Crippen molar-refractivity contribution < 1.29 is 9.59 Å². The summed E-state index contributed by atoms with van der Waals surface area (Å²) in [4.78, 5) is 35.7. The number of carbonyl (C=O) groups is 2. The molecule has 3 aliphatic heterocycles. The zero-order chi connectivity index (χ0) is 26.1. The molecule has 2 aliphatic carbocycles. The van der Waals surface area contributed by atoms with Crippen LogP contribution in [0.4, 0.5) is 5.69 Å². The summed E-state index contributed by atoms with van der Waals surface area (Å²) in [6.07, 6.45) is 18.0. The molecule has 1 saturated heterocycles. The lowest BCUT2D eigenvalue weighted by Crippen LogP contribution is -2.50. The summed E-state index contributed by atoms with van der Waals surface area (Å²) in [5.74, 6) is 1.53. The van der Waals surface area contributed by atoms with Gasteiger partial charge in [-0.3, -0.25) is 14.6 Å². The first kappa shape index (κ1) is 25.0. The molecule has 2 amide bonds. The third-order valence-corrected chi connectivity index (χ3v) is 9.16. The molecule has 38 heavy (non-hydrogen) atoms. The minimum Gasteiger partial charge on any atom is -0.381 e. The average molecular weight is 514 g/mol. The van der Waals surface area contributed by atoms with Crippen molar-refractivity contribution in [1.82, 2.24) is 15.1 Å². The fourth-order valence-electron chi connectivity index (χ4n) is 7.22. The highest BCUT2D eigenvalue weighted by Gasteiger charge is 2.49. The molecule has 7 nitrogen and oxygen atoms in total. The first-order valence-corrected chi connectivity index (χ1v) is 14.3. The standard InChI is InChI=1S/C31H39N5O2/c1-35-20-18-32-27(35)15-16-28(37)33-26-14-8-6-12-23(26)31(38)36-19-17-24-29(21-9-3-2-4-10-21)34-25-13-7-5-11-22(25)30(24)36/h2-5,7,9,11,13,15-16,21,23-24,26,29-30,34H,6,8,10,12,14,17-20H2,1H3,(H,33,37)/b16-15+/t21?,23-,24+,26+,29-,30-/m0/s1. The quantitative estimate of drug-likeness (QED) is 0.582. The van der Waals surface area contributed by atoms with Gasteiger partial charge in [-0.2, -0.15) is 0 Å². The van der Waals surface area contributed by atoms with E-state index in [2.05, 4.69) is 69.1 Å². The van der Waals surface area contributed by atoms with E-state index in [1.54, 1.807) is 12.2 Å². The van der Waals surface area contributed by atoms with Crippen LogP contribution in [0, 0.1) is 17.8 Å². The number of hydrogen-bond acceptors (Lipinski definition) is 5. The topological polar surface area (TPSA) is 77.0 Å². The van der Waals surface area contributed by atoms with Crippen LogP contribution in [-0.4, -0.2) is 66.2 Å². The number of amidine groups is 1. The van der Waals surface area contributed by atoms with Crippen LogP contribution in [-0.2, 0) is 9.59 Å². The number of fused-ring (bicyclic) bond motifs is 3. The van der Waals surface area contributed by atoms with E-state index >= 15 is 0 Å². The molecule has 3 heterocycles. The predicted molar refractivity (Wildman–Crippen MR) is 151 cm³/mol. The second-order valence-electron chi connectivity index (χ2n) is 11.4. The Morgan fingerprint density at radius 1 is 1.11 bits per heavy atom. The summed E-state index contributed by atoms with van der Waals surface area (Å²) in [6, 6.07) is 8.77. The third-order valence-electron chi connectivity index (χ3n) is 9.16. The van der Waals surface area contributed by atoms with Gasteiger partial charge >= 0.3 is 0 Å². The Morgan fingerprint density at radius 3 is 2.79 bits per heavy atom. The monoisotopic (exact) mass is 513 g/mol. The lowest BCUT2D eigenvalue weighted by molar-refractivity contribution is -0.139. The predicted octanol–water partition coefficient (Wildman–Crippen LogP) is 4.08. The second-order valence-corrected chi connectivity index (χ2v) is 11.4. The van der Waals surface area contributed by atoms with E-state index in [1.165, 1.54) is 5.56 Å². The summed E-state index contributed by atoms with van der Waals surface area (Å²) in [5, 5.41) is 7.04. The van der Waals surface area contributed by atoms with E-state index in [0.29, 0.717) is 17.9 Å². The maximum absolute atomic E-state index is 14.2. The van der Waals surface area contributed by atoms with Crippen LogP contribution >= 0.6 is 0 Å². The molecule has 1 aromatic carbocycles. The van der Waals surface area contributed by atoms with Crippen molar-refractivity contribution in [3.8, 4) is 0 Å². The highest BCUT2D eigenvalue weighted by Crippen LogP contribution is 2.49. The van der Waals surface area contributed by atoms with Gasteiger partial charge in [0.1, 0.15) is 5.84 Å². The Labute approximate surface area is 225 Å². The van der Waals surface area contributed by atoms with Crippen molar-refractivity contribution >= 4 is 23.3 Å². The zero-order valence-corrected chi connectivity index (χ0v) is 22.3. The van der Waals surface area contributed by atoms with E-state index < -0.39 is 0 Å². The van der Waals surface area contributed by atoms with Crippen LogP contribution in [0.15, 0.2) is 65.7 Å². The Hall–Kier alpha value is -3.35. The molecule has 7 heteroatoms. The number of para-hydroxylation sites is 1. The van der Waals surface area contributed by atoms with Crippen LogP contribution in [0.1, 0.15) is 50.1 Å². The first-order valence-electron chi connectivity index (χ1n) is 14.3. The summed E-state index contributed by atoms with van der Waals surface area (Å²) >= 11 is 0. The van der Waals surface area contributed by atoms with Gasteiger partial charge in [0.25, 0.3) is 0 Å². The van der Waals surface area contributed by atoms with Crippen molar-refractivity contribution in [3.63, 3.8) is 0 Å². The van der Waals surface area contributed by atoms with E-state index in [0.717, 1.165) is 69.7 Å². The number of likely N-dealkylation sites (tertiary alicyclic amines) is 1. The molecule has 2 fully saturated rings. The molecule has 0 radical (unpaired) electrons. The van der Waals surface area contributed by atoms with Gasteiger partial charge in [0.05, 0.1) is 18.5 Å². The number of carbonyl (C=O) groups excluding carboxylic acids is 2. The largest absolute Gasteiger partial charge is 0.381 e. The molecule has 5 aliphatic rings. The Bertz CT molecular complexity index is 1190. The van der Waals surface area contributed by atoms with E-state index in [9.17, 15) is 9.59 Å². The van der Waals surface area contributed by atoms with Crippen molar-refractivity contribution in [2.75, 3.05) is 32.0 Å². The van der Waals surface area contributed by atoms with Crippen LogP contribution in [0.25, 0.3) is 0 Å². The number of aliphatic imine (C=N–C) groups is 1. The SMILES string of the molecule is CN1CCN=C1/C=C/C(=O)N[C@@H]1CCCC[C@@H]1C(=O)N1CC[C@@H]2[C@H](C3C=CC=CC3)Nc3ccccc3[C@@H]21. The van der Waals surface area contributed by atoms with Crippen LogP contribution in [0.2, 0.25) is 0 Å². The molecular formula is C31H39N5O2. The molecule has 1 saturated carbocycles. The van der Waals surface area contributed by atoms with Crippen molar-refractivity contribution in [2.45, 2.75) is 56.7 Å². The molecule has 6 atom stereocenters. The fourth-order valence-corrected chi connectivity index (χ4v) is 7.22. The fraction of sp³-hybridized carbons (Fsp3) is 0.516. The van der Waals surface area contributed by atoms with E-state index in [-0.39, 0.29) is 29.8 Å².